The lowest BCUT2D eigenvalue weighted by Gasteiger charge is -2.57. The molecule has 8 rings (SSSR count). The number of carbonyl (C=O) groups is 1. The van der Waals surface area contributed by atoms with Gasteiger partial charge < -0.3 is 19.9 Å². The second-order valence-corrected chi connectivity index (χ2v) is 11.3. The van der Waals surface area contributed by atoms with Crippen LogP contribution in [0, 0.1) is 17.8 Å². The van der Waals surface area contributed by atoms with Crippen LogP contribution in [0.2, 0.25) is 0 Å². The van der Waals surface area contributed by atoms with Crippen LogP contribution in [0.1, 0.15) is 61.4 Å². The molecule has 34 heavy (non-hydrogen) atoms. The Balaban J connectivity index is 1.26. The molecule has 5 aliphatic rings. The van der Waals surface area contributed by atoms with Crippen LogP contribution >= 0.6 is 0 Å². The minimum absolute atomic E-state index is 0.0109. The lowest BCUT2D eigenvalue weighted by atomic mass is 9.53. The molecule has 0 saturated heterocycles. The molecule has 1 aromatic heterocycles. The van der Waals surface area contributed by atoms with Crippen LogP contribution in [0.25, 0.3) is 10.9 Å². The third-order valence-corrected chi connectivity index (χ3v) is 9.14. The summed E-state index contributed by atoms with van der Waals surface area (Å²) in [6.45, 7) is 0.726. The zero-order chi connectivity index (χ0) is 22.9. The van der Waals surface area contributed by atoms with E-state index in [-0.39, 0.29) is 17.6 Å². The molecule has 4 bridgehead atoms. The first-order valence-corrected chi connectivity index (χ1v) is 12.9. The molecule has 0 unspecified atom stereocenters. The van der Waals surface area contributed by atoms with Crippen LogP contribution in [-0.4, -0.2) is 35.1 Å². The summed E-state index contributed by atoms with van der Waals surface area (Å²) in [6.07, 6.45) is 8.53. The maximum absolute atomic E-state index is 14.0. The summed E-state index contributed by atoms with van der Waals surface area (Å²) in [7, 11) is 1.69. The van der Waals surface area contributed by atoms with Crippen molar-refractivity contribution >= 4 is 16.9 Å². The summed E-state index contributed by atoms with van der Waals surface area (Å²) < 4.78 is 5.41. The van der Waals surface area contributed by atoms with E-state index in [1.54, 1.807) is 7.11 Å². The molecule has 4 saturated carbocycles. The van der Waals surface area contributed by atoms with Crippen molar-refractivity contribution in [1.82, 2.24) is 15.2 Å². The molecule has 4 aliphatic carbocycles. The quantitative estimate of drug-likeness (QED) is 0.524. The number of carbonyl (C=O) groups excluding carboxylic acids is 1. The van der Waals surface area contributed by atoms with Crippen LogP contribution in [-0.2, 0) is 6.42 Å². The molecule has 2 heterocycles. The lowest BCUT2D eigenvalue weighted by Crippen LogP contribution is -2.62. The predicted octanol–water partition coefficient (Wildman–Crippen LogP) is 5.80. The predicted molar refractivity (Wildman–Crippen MR) is 133 cm³/mol. The van der Waals surface area contributed by atoms with E-state index in [9.17, 15) is 4.79 Å². The van der Waals surface area contributed by atoms with Crippen LogP contribution in [0.5, 0.6) is 5.75 Å². The largest absolute Gasteiger partial charge is 0.497 e. The van der Waals surface area contributed by atoms with Gasteiger partial charge in [0, 0.05) is 28.7 Å². The first-order chi connectivity index (χ1) is 16.6. The Hall–Kier alpha value is -2.95. The lowest BCUT2D eigenvalue weighted by molar-refractivity contribution is -0.0163. The molecule has 1 atom stereocenters. The molecule has 5 nitrogen and oxygen atoms in total. The number of nitrogens with one attached hydrogen (secondary N) is 2. The van der Waals surface area contributed by atoms with Gasteiger partial charge in [-0.05, 0) is 92.0 Å². The van der Waals surface area contributed by atoms with Crippen molar-refractivity contribution in [3.05, 3.63) is 65.4 Å². The highest BCUT2D eigenvalue weighted by Crippen LogP contribution is 2.55. The van der Waals surface area contributed by atoms with E-state index in [0.29, 0.717) is 0 Å². The molecule has 2 aromatic carbocycles. The van der Waals surface area contributed by atoms with Crippen molar-refractivity contribution in [2.45, 2.75) is 56.5 Å². The summed E-state index contributed by atoms with van der Waals surface area (Å²) in [5.41, 5.74) is 4.77. The van der Waals surface area contributed by atoms with Gasteiger partial charge in [-0.3, -0.25) is 0 Å². The maximum atomic E-state index is 14.0. The van der Waals surface area contributed by atoms with Crippen molar-refractivity contribution in [2.24, 2.45) is 17.8 Å². The number of amides is 2. The van der Waals surface area contributed by atoms with Crippen LogP contribution in [0.3, 0.4) is 0 Å². The number of methoxy groups -OCH3 is 1. The molecule has 0 spiro atoms. The van der Waals surface area contributed by atoms with Gasteiger partial charge in [0.05, 0.1) is 13.2 Å². The highest BCUT2D eigenvalue weighted by atomic mass is 16.5. The first kappa shape index (κ1) is 20.4. The fourth-order valence-corrected chi connectivity index (χ4v) is 8.15. The summed E-state index contributed by atoms with van der Waals surface area (Å²) in [5, 5.41) is 4.90. The SMILES string of the molecule is COc1ccc([C@@H]2c3[nH]c4ccccc4c3CCN2C(=O)NC23CC4CC(CC(C4)C2)C3)cc1. The summed E-state index contributed by atoms with van der Waals surface area (Å²) in [4.78, 5) is 19.8. The number of aromatic nitrogens is 1. The van der Waals surface area contributed by atoms with Gasteiger partial charge in [-0.15, -0.1) is 0 Å². The van der Waals surface area contributed by atoms with Crippen LogP contribution < -0.4 is 10.1 Å². The maximum Gasteiger partial charge on any atom is 0.318 e. The standard InChI is InChI=1S/C29H33N3O2/c1-34-22-8-6-21(7-9-22)27-26-24(23-4-2-3-5-25(23)30-26)10-11-32(27)28(33)31-29-15-18-12-19(16-29)14-20(13-18)17-29/h2-9,18-20,27,30H,10-17H2,1H3,(H,31,33)/t18?,19?,20?,27-,29?/m1/s1. The molecule has 0 radical (unpaired) electrons. The molecule has 2 amide bonds. The number of nitrogens with zero attached hydrogens (tertiary/aromatic N) is 1. The van der Waals surface area contributed by atoms with Gasteiger partial charge in [-0.1, -0.05) is 30.3 Å². The third kappa shape index (κ3) is 3.16. The normalized spacial score (nSPS) is 31.5. The summed E-state index contributed by atoms with van der Waals surface area (Å²) >= 11 is 0. The average Bonchev–Trinajstić information content (AvgIpc) is 3.21. The fraction of sp³-hybridized carbons (Fsp3) is 0.483. The van der Waals surface area contributed by atoms with Crippen molar-refractivity contribution in [3.8, 4) is 5.75 Å². The molecule has 5 heteroatoms. The average molecular weight is 456 g/mol. The van der Waals surface area contributed by atoms with Gasteiger partial charge in [0.2, 0.25) is 0 Å². The number of hydrogen-bond donors (Lipinski definition) is 2. The van der Waals surface area contributed by atoms with E-state index in [0.717, 1.165) is 53.2 Å². The summed E-state index contributed by atoms with van der Waals surface area (Å²) in [5.74, 6) is 3.27. The zero-order valence-electron chi connectivity index (χ0n) is 19.8. The molecular formula is C29H33N3O2. The van der Waals surface area contributed by atoms with Crippen molar-refractivity contribution in [2.75, 3.05) is 13.7 Å². The number of hydrogen-bond acceptors (Lipinski definition) is 2. The molecule has 176 valence electrons. The van der Waals surface area contributed by atoms with Gasteiger partial charge in [-0.2, -0.15) is 0 Å². The molecule has 3 aromatic rings. The topological polar surface area (TPSA) is 57.4 Å². The Bertz CT molecular complexity index is 1210. The molecule has 4 fully saturated rings. The molecule has 1 aliphatic heterocycles. The Morgan fingerprint density at radius 1 is 1.00 bits per heavy atom. The minimum Gasteiger partial charge on any atom is -0.497 e. The number of aromatic amines is 1. The Morgan fingerprint density at radius 2 is 1.68 bits per heavy atom. The van der Waals surface area contributed by atoms with E-state index < -0.39 is 0 Å². The second-order valence-electron chi connectivity index (χ2n) is 11.3. The fourth-order valence-electron chi connectivity index (χ4n) is 8.15. The number of rotatable bonds is 3. The summed E-state index contributed by atoms with van der Waals surface area (Å²) in [6, 6.07) is 16.7. The number of H-pyrrole nitrogens is 1. The molecular weight excluding hydrogens is 422 g/mol. The Labute approximate surface area is 200 Å². The first-order valence-electron chi connectivity index (χ1n) is 12.9. The third-order valence-electron chi connectivity index (χ3n) is 9.14. The van der Waals surface area contributed by atoms with Gasteiger partial charge >= 0.3 is 6.03 Å². The van der Waals surface area contributed by atoms with E-state index in [1.807, 2.05) is 12.1 Å². The number of benzene rings is 2. The zero-order valence-corrected chi connectivity index (χ0v) is 19.8. The van der Waals surface area contributed by atoms with Crippen molar-refractivity contribution in [1.29, 1.82) is 0 Å². The number of ether oxygens (including phenoxy) is 1. The van der Waals surface area contributed by atoms with E-state index in [1.165, 1.54) is 49.5 Å². The van der Waals surface area contributed by atoms with Crippen molar-refractivity contribution < 1.29 is 9.53 Å². The number of urea groups is 1. The van der Waals surface area contributed by atoms with E-state index in [2.05, 4.69) is 51.6 Å². The van der Waals surface area contributed by atoms with Crippen LogP contribution in [0.15, 0.2) is 48.5 Å². The van der Waals surface area contributed by atoms with E-state index >= 15 is 0 Å². The minimum atomic E-state index is -0.129. The highest BCUT2D eigenvalue weighted by molar-refractivity contribution is 5.86. The molecule has 2 N–H and O–H groups in total. The monoisotopic (exact) mass is 455 g/mol. The number of para-hydroxylation sites is 1. The van der Waals surface area contributed by atoms with Gasteiger partial charge in [0.25, 0.3) is 0 Å². The van der Waals surface area contributed by atoms with Gasteiger partial charge in [-0.25, -0.2) is 4.79 Å². The number of fused-ring (bicyclic) bond motifs is 3. The van der Waals surface area contributed by atoms with Gasteiger partial charge in [0.15, 0.2) is 0 Å². The highest BCUT2D eigenvalue weighted by Gasteiger charge is 2.52. The smallest absolute Gasteiger partial charge is 0.318 e. The van der Waals surface area contributed by atoms with Gasteiger partial charge in [0.1, 0.15) is 5.75 Å². The van der Waals surface area contributed by atoms with Crippen molar-refractivity contribution in [3.63, 3.8) is 0 Å². The van der Waals surface area contributed by atoms with Crippen LogP contribution in [0.4, 0.5) is 4.79 Å². The van der Waals surface area contributed by atoms with E-state index in [4.69, 9.17) is 4.74 Å². The Morgan fingerprint density at radius 3 is 2.35 bits per heavy atom. The Kier molecular flexibility index (Phi) is 4.52. The second kappa shape index (κ2) is 7.53.